The Labute approximate surface area is 144 Å². The van der Waals surface area contributed by atoms with E-state index in [0.717, 1.165) is 11.1 Å². The maximum atomic E-state index is 12.7. The first-order valence-corrected chi connectivity index (χ1v) is 9.51. The third-order valence-corrected chi connectivity index (χ3v) is 5.47. The van der Waals surface area contributed by atoms with E-state index in [1.165, 1.54) is 0 Å². The molecule has 0 aliphatic heterocycles. The summed E-state index contributed by atoms with van der Waals surface area (Å²) in [5.41, 5.74) is 1.73. The van der Waals surface area contributed by atoms with Crippen molar-refractivity contribution in [3.63, 3.8) is 0 Å². The van der Waals surface area contributed by atoms with Gasteiger partial charge in [0.1, 0.15) is 0 Å². The molecule has 0 aromatic heterocycles. The van der Waals surface area contributed by atoms with Crippen LogP contribution in [0.25, 0.3) is 5.57 Å². The molecule has 0 saturated heterocycles. The second-order valence-electron chi connectivity index (χ2n) is 5.04. The Morgan fingerprint density at radius 2 is 1.61 bits per heavy atom. The Morgan fingerprint density at radius 3 is 2.04 bits per heavy atom. The fraction of sp³-hybridized carbons (Fsp3) is 0.529. The highest BCUT2D eigenvalue weighted by Gasteiger charge is 2.36. The minimum atomic E-state index is -2.49. The molecule has 1 unspecified atom stereocenters. The van der Waals surface area contributed by atoms with Crippen molar-refractivity contribution in [2.24, 2.45) is 0 Å². The summed E-state index contributed by atoms with van der Waals surface area (Å²) in [5, 5.41) is 1.20. The third kappa shape index (κ3) is 5.44. The molecule has 4 nitrogen and oxygen atoms in total. The van der Waals surface area contributed by atoms with E-state index >= 15 is 0 Å². The zero-order valence-electron chi connectivity index (χ0n) is 14.4. The molecule has 0 saturated carbocycles. The smallest absolute Gasteiger partial charge is 0.222 e. The summed E-state index contributed by atoms with van der Waals surface area (Å²) in [5.74, 6) is -1.08. The van der Waals surface area contributed by atoms with E-state index in [4.69, 9.17) is 25.6 Å². The van der Waals surface area contributed by atoms with Gasteiger partial charge in [-0.1, -0.05) is 23.7 Å². The quantitative estimate of drug-likeness (QED) is 0.438. The molecule has 0 aliphatic rings. The monoisotopic (exact) mass is 360 g/mol. The molecule has 0 amide bonds. The highest BCUT2D eigenvalue weighted by molar-refractivity contribution is 7.44. The van der Waals surface area contributed by atoms with E-state index in [-0.39, 0.29) is 0 Å². The van der Waals surface area contributed by atoms with Crippen LogP contribution in [0.4, 0.5) is 0 Å². The van der Waals surface area contributed by atoms with Crippen molar-refractivity contribution in [3.05, 3.63) is 40.2 Å². The highest BCUT2D eigenvalue weighted by Crippen LogP contribution is 2.47. The van der Waals surface area contributed by atoms with Gasteiger partial charge in [-0.25, -0.2) is 0 Å². The molecule has 130 valence electrons. The molecule has 0 N–H and O–H groups in total. The number of allylic oxidation sites excluding steroid dienone is 1. The van der Waals surface area contributed by atoms with Gasteiger partial charge in [-0.15, -0.1) is 0 Å². The normalized spacial score (nSPS) is 14.5. The summed E-state index contributed by atoms with van der Waals surface area (Å²) in [6, 6.07) is 7.37. The van der Waals surface area contributed by atoms with Gasteiger partial charge in [-0.05, 0) is 57.9 Å². The largest absolute Gasteiger partial charge is 0.346 e. The molecule has 0 spiro atoms. The molecule has 6 heteroatoms. The van der Waals surface area contributed by atoms with Crippen molar-refractivity contribution in [1.82, 2.24) is 0 Å². The van der Waals surface area contributed by atoms with Gasteiger partial charge < -0.3 is 14.0 Å². The molecule has 0 heterocycles. The van der Waals surface area contributed by atoms with Crippen LogP contribution in [0.2, 0.25) is 5.02 Å². The number of ether oxygens (including phenoxy) is 2. The van der Waals surface area contributed by atoms with Crippen molar-refractivity contribution >= 4 is 25.2 Å². The number of rotatable bonds is 9. The fourth-order valence-electron chi connectivity index (χ4n) is 2.46. The first kappa shape index (κ1) is 20.4. The van der Waals surface area contributed by atoms with Gasteiger partial charge in [-0.3, -0.25) is 4.57 Å². The first-order valence-electron chi connectivity index (χ1n) is 7.81. The van der Waals surface area contributed by atoms with Crippen LogP contribution in [0, 0.1) is 0 Å². The number of halogens is 1. The molecule has 1 aromatic rings. The van der Waals surface area contributed by atoms with Crippen molar-refractivity contribution in [1.29, 1.82) is 0 Å². The van der Waals surface area contributed by atoms with Gasteiger partial charge in [0.05, 0.1) is 11.9 Å². The minimum absolute atomic E-state index is 0.365. The van der Waals surface area contributed by atoms with Crippen molar-refractivity contribution in [2.45, 2.75) is 40.4 Å². The van der Waals surface area contributed by atoms with Crippen LogP contribution in [0.1, 0.15) is 40.2 Å². The Balaban J connectivity index is 3.45. The summed E-state index contributed by atoms with van der Waals surface area (Å²) in [6.07, 6.45) is 0. The third-order valence-electron chi connectivity index (χ3n) is 3.43. The molecular formula is C17H26ClO4P. The van der Waals surface area contributed by atoms with Crippen LogP contribution in [-0.2, 0) is 18.6 Å². The Kier molecular flexibility index (Phi) is 8.52. The second-order valence-corrected chi connectivity index (χ2v) is 6.84. The maximum Gasteiger partial charge on any atom is 0.222 e. The van der Waals surface area contributed by atoms with E-state index in [9.17, 15) is 4.57 Å². The lowest BCUT2D eigenvalue weighted by atomic mass is 10.0. The summed E-state index contributed by atoms with van der Waals surface area (Å²) in [4.78, 5) is 0. The molecular weight excluding hydrogens is 335 g/mol. The first-order chi connectivity index (χ1) is 10.9. The zero-order chi connectivity index (χ0) is 17.5. The van der Waals surface area contributed by atoms with Gasteiger partial charge in [-0.2, -0.15) is 0 Å². The zero-order valence-corrected chi connectivity index (χ0v) is 16.2. The Morgan fingerprint density at radius 1 is 1.09 bits per heavy atom. The molecule has 23 heavy (non-hydrogen) atoms. The summed E-state index contributed by atoms with van der Waals surface area (Å²) < 4.78 is 29.8. The van der Waals surface area contributed by atoms with Crippen LogP contribution in [-0.4, -0.2) is 25.6 Å². The molecule has 1 atom stereocenters. The summed E-state index contributed by atoms with van der Waals surface area (Å²) >= 11 is 5.95. The van der Waals surface area contributed by atoms with E-state index in [1.54, 1.807) is 19.1 Å². The minimum Gasteiger partial charge on any atom is -0.346 e. The predicted octanol–water partition coefficient (Wildman–Crippen LogP) is 5.37. The van der Waals surface area contributed by atoms with Crippen LogP contribution >= 0.6 is 19.6 Å². The molecule has 0 fully saturated rings. The van der Waals surface area contributed by atoms with E-state index < -0.39 is 13.8 Å². The molecule has 0 bridgehead atoms. The highest BCUT2D eigenvalue weighted by atomic mass is 35.5. The van der Waals surface area contributed by atoms with Crippen molar-refractivity contribution in [3.8, 4) is 0 Å². The second kappa shape index (κ2) is 9.61. The van der Waals surface area contributed by atoms with E-state index in [2.05, 4.69) is 0 Å². The molecule has 1 rings (SSSR count). The lowest BCUT2D eigenvalue weighted by molar-refractivity contribution is -0.189. The van der Waals surface area contributed by atoms with Crippen LogP contribution in [0.5, 0.6) is 0 Å². The lowest BCUT2D eigenvalue weighted by Gasteiger charge is -2.32. The Bertz CT molecular complexity index is 548. The number of benzene rings is 1. The fourth-order valence-corrected chi connectivity index (χ4v) is 3.96. The number of hydrogen-bond acceptors (Lipinski definition) is 4. The van der Waals surface area contributed by atoms with Crippen LogP contribution in [0.15, 0.2) is 29.6 Å². The van der Waals surface area contributed by atoms with Gasteiger partial charge in [0.15, 0.2) is 5.79 Å². The van der Waals surface area contributed by atoms with Gasteiger partial charge in [0.2, 0.25) is 8.03 Å². The van der Waals surface area contributed by atoms with Crippen LogP contribution in [0.3, 0.4) is 0 Å². The van der Waals surface area contributed by atoms with Crippen molar-refractivity contribution in [2.75, 3.05) is 19.8 Å². The van der Waals surface area contributed by atoms with Crippen molar-refractivity contribution < 1.29 is 18.6 Å². The molecule has 0 aliphatic carbocycles. The summed E-state index contributed by atoms with van der Waals surface area (Å²) in [6.45, 7) is 10.5. The average molecular weight is 361 g/mol. The average Bonchev–Trinajstić information content (AvgIpc) is 2.48. The van der Waals surface area contributed by atoms with Crippen LogP contribution < -0.4 is 0 Å². The number of hydrogen-bond donors (Lipinski definition) is 0. The standard InChI is InChI=1S/C17H26ClO4P/c1-6-20-17(5,21-7-2)16(23(19)22-8-3)13(4)14-9-11-15(18)12-10-14/h9-12,23H,6-8H2,1-5H3. The van der Waals surface area contributed by atoms with E-state index in [0.29, 0.717) is 30.2 Å². The summed E-state index contributed by atoms with van der Waals surface area (Å²) in [7, 11) is -2.49. The topological polar surface area (TPSA) is 44.8 Å². The SMILES string of the molecule is CCO[PH](=O)C(=C(C)c1ccc(Cl)cc1)C(C)(OCC)OCC. The molecule has 1 aromatic carbocycles. The maximum absolute atomic E-state index is 12.7. The van der Waals surface area contributed by atoms with Gasteiger partial charge >= 0.3 is 0 Å². The lowest BCUT2D eigenvalue weighted by Crippen LogP contribution is -2.34. The van der Waals surface area contributed by atoms with E-state index in [1.807, 2.05) is 39.8 Å². The van der Waals surface area contributed by atoms with Gasteiger partial charge in [0.25, 0.3) is 0 Å². The Hall–Kier alpha value is -0.640. The predicted molar refractivity (Wildman–Crippen MR) is 96.3 cm³/mol. The molecule has 0 radical (unpaired) electrons. The van der Waals surface area contributed by atoms with Gasteiger partial charge in [0, 0.05) is 18.2 Å².